The number of aryl methyl sites for hydroxylation is 1. The van der Waals surface area contributed by atoms with Crippen LogP contribution < -0.4 is 26.4 Å². The van der Waals surface area contributed by atoms with Crippen molar-refractivity contribution in [2.75, 3.05) is 9.80 Å². The third-order valence-corrected chi connectivity index (χ3v) is 19.2. The van der Waals surface area contributed by atoms with Gasteiger partial charge in [-0.15, -0.1) is 0 Å². The third-order valence-electron chi connectivity index (χ3n) is 19.2. The van der Waals surface area contributed by atoms with Crippen LogP contribution in [0, 0.1) is 6.92 Å². The van der Waals surface area contributed by atoms with E-state index in [-0.39, 0.29) is 44.6 Å². The van der Waals surface area contributed by atoms with Crippen molar-refractivity contribution in [2.24, 2.45) is 0 Å². The summed E-state index contributed by atoms with van der Waals surface area (Å²) in [5.74, 6) is 0.362. The number of hydrogen-bond donors (Lipinski definition) is 0. The molecule has 2 aliphatic heterocycles. The zero-order chi connectivity index (χ0) is 49.5. The van der Waals surface area contributed by atoms with Crippen LogP contribution >= 0.6 is 0 Å². The van der Waals surface area contributed by atoms with Crippen LogP contribution in [0.15, 0.2) is 77.2 Å². The number of anilines is 6. The summed E-state index contributed by atoms with van der Waals surface area (Å²) in [6.45, 7) is 43.7. The van der Waals surface area contributed by atoms with Crippen molar-refractivity contribution in [3.05, 3.63) is 123 Å². The summed E-state index contributed by atoms with van der Waals surface area (Å²) in [6.07, 6.45) is 8.14. The molecule has 6 aromatic rings. The number of hydrogen-bond acceptors (Lipinski definition) is 3. The first kappa shape index (κ1) is 46.7. The number of furan rings is 1. The number of benzene rings is 5. The second-order valence-corrected chi connectivity index (χ2v) is 27.8. The number of fused-ring (bicyclic) bond motifs is 9. The van der Waals surface area contributed by atoms with Crippen LogP contribution in [0.5, 0.6) is 0 Å². The standard InChI is InChI=1S/C65H81BN2O/c1-19-38(2)40-31-53-56-54(32-40)68(51-36-48-45(30-39(51)3)61(9,10)26-28-64(48,15)16)52-33-41(59(4,5)6)20-23-50(52)66(56)58-57(43-35-47-49(37-55(43)69-58)65(17,18)29-27-63(47,13)14)67(53)42-21-22-44-46(34-42)62(11,12)25-24-60(44,7)8/h20-23,30-38H,19,24-29H2,1-18H3. The van der Waals surface area contributed by atoms with E-state index < -0.39 is 0 Å². The second-order valence-electron chi connectivity index (χ2n) is 27.8. The summed E-state index contributed by atoms with van der Waals surface area (Å²) >= 11 is 0. The van der Waals surface area contributed by atoms with Gasteiger partial charge in [0.25, 0.3) is 6.71 Å². The van der Waals surface area contributed by atoms with E-state index >= 15 is 0 Å². The first-order chi connectivity index (χ1) is 32.1. The molecule has 1 atom stereocenters. The average molecular weight is 917 g/mol. The Balaban J connectivity index is 1.29. The van der Waals surface area contributed by atoms with E-state index in [0.29, 0.717) is 5.92 Å². The Morgan fingerprint density at radius 2 is 1.06 bits per heavy atom. The second kappa shape index (κ2) is 14.7. The lowest BCUT2D eigenvalue weighted by Crippen LogP contribution is -2.61. The molecule has 1 aromatic heterocycles. The Labute approximate surface area is 416 Å². The molecule has 0 bridgehead atoms. The molecule has 0 fully saturated rings. The van der Waals surface area contributed by atoms with Crippen molar-refractivity contribution in [2.45, 2.75) is 213 Å². The van der Waals surface area contributed by atoms with Crippen LogP contribution in [0.25, 0.3) is 11.0 Å². The molecule has 0 N–H and O–H groups in total. The van der Waals surface area contributed by atoms with Gasteiger partial charge < -0.3 is 14.2 Å². The topological polar surface area (TPSA) is 19.6 Å². The summed E-state index contributed by atoms with van der Waals surface area (Å²) in [7, 11) is 0. The van der Waals surface area contributed by atoms with Crippen LogP contribution in [-0.4, -0.2) is 6.71 Å². The first-order valence-electron chi connectivity index (χ1n) is 26.9. The van der Waals surface area contributed by atoms with E-state index in [0.717, 1.165) is 24.1 Å². The van der Waals surface area contributed by atoms with Crippen LogP contribution in [0.3, 0.4) is 0 Å². The zero-order valence-corrected chi connectivity index (χ0v) is 45.8. The summed E-state index contributed by atoms with van der Waals surface area (Å²) in [6, 6.07) is 30.4. The molecular formula is C65H81BN2O. The fourth-order valence-corrected chi connectivity index (χ4v) is 13.7. The van der Waals surface area contributed by atoms with Gasteiger partial charge >= 0.3 is 0 Å². The molecule has 0 amide bonds. The minimum Gasteiger partial charge on any atom is -0.468 e. The molecule has 3 nitrogen and oxygen atoms in total. The predicted molar refractivity (Wildman–Crippen MR) is 298 cm³/mol. The maximum Gasteiger partial charge on any atom is 0.297 e. The van der Waals surface area contributed by atoms with Crippen LogP contribution in [0.2, 0.25) is 0 Å². The monoisotopic (exact) mass is 917 g/mol. The molecule has 0 saturated heterocycles. The first-order valence-corrected chi connectivity index (χ1v) is 26.9. The highest BCUT2D eigenvalue weighted by Crippen LogP contribution is 2.55. The molecule has 69 heavy (non-hydrogen) atoms. The Hall–Kier alpha value is -4.70. The molecule has 0 spiro atoms. The Kier molecular flexibility index (Phi) is 9.94. The van der Waals surface area contributed by atoms with E-state index in [1.165, 1.54) is 133 Å². The smallest absolute Gasteiger partial charge is 0.297 e. The van der Waals surface area contributed by atoms with E-state index in [1.807, 2.05) is 0 Å². The SMILES string of the molecule is CCC(C)c1cc2c3c(c1)N(c1ccc4c(c1)C(C)(C)CCC4(C)C)c1c(oc4cc5c(cc14)C(C)(C)CCC5(C)C)B3c1ccc(C(C)(C)C)cc1N2c1cc2c(cc1C)C(C)(C)CCC2(C)C. The molecule has 360 valence electrons. The van der Waals surface area contributed by atoms with Crippen molar-refractivity contribution in [3.8, 4) is 0 Å². The maximum atomic E-state index is 7.69. The third kappa shape index (κ3) is 6.85. The Bertz CT molecular complexity index is 3140. The zero-order valence-electron chi connectivity index (χ0n) is 45.8. The Morgan fingerprint density at radius 3 is 1.62 bits per heavy atom. The van der Waals surface area contributed by atoms with Gasteiger partial charge in [0.1, 0.15) is 5.58 Å². The van der Waals surface area contributed by atoms with Gasteiger partial charge in [0, 0.05) is 33.8 Å². The highest BCUT2D eigenvalue weighted by Gasteiger charge is 2.50. The van der Waals surface area contributed by atoms with Gasteiger partial charge in [-0.1, -0.05) is 142 Å². The lowest BCUT2D eigenvalue weighted by Gasteiger charge is -2.46. The predicted octanol–water partition coefficient (Wildman–Crippen LogP) is 16.7. The molecule has 0 radical (unpaired) electrons. The highest BCUT2D eigenvalue weighted by atomic mass is 16.3. The van der Waals surface area contributed by atoms with Gasteiger partial charge in [-0.25, -0.2) is 0 Å². The lowest BCUT2D eigenvalue weighted by atomic mass is 9.35. The molecule has 4 heteroatoms. The molecule has 1 unspecified atom stereocenters. The molecule has 0 saturated carbocycles. The summed E-state index contributed by atoms with van der Waals surface area (Å²) in [5.41, 5.74) is 25.8. The van der Waals surface area contributed by atoms with Gasteiger partial charge in [-0.2, -0.15) is 0 Å². The minimum atomic E-state index is -0.0979. The van der Waals surface area contributed by atoms with Gasteiger partial charge in [0.15, 0.2) is 0 Å². The van der Waals surface area contributed by atoms with E-state index in [2.05, 4.69) is 207 Å². The number of nitrogens with zero attached hydrogens (tertiary/aromatic N) is 2. The van der Waals surface area contributed by atoms with Crippen LogP contribution in [0.1, 0.15) is 219 Å². The van der Waals surface area contributed by atoms with E-state index in [9.17, 15) is 0 Å². The summed E-state index contributed by atoms with van der Waals surface area (Å²) in [4.78, 5) is 5.40. The van der Waals surface area contributed by atoms with Gasteiger partial charge in [0.2, 0.25) is 0 Å². The Morgan fingerprint density at radius 1 is 0.551 bits per heavy atom. The fraction of sp³-hybridized carbons (Fsp3) is 0.508. The fourth-order valence-electron chi connectivity index (χ4n) is 13.7. The average Bonchev–Trinajstić information content (AvgIpc) is 3.65. The quantitative estimate of drug-likeness (QED) is 0.164. The lowest BCUT2D eigenvalue weighted by molar-refractivity contribution is 0.332. The van der Waals surface area contributed by atoms with Gasteiger partial charge in [0.05, 0.1) is 11.3 Å². The highest BCUT2D eigenvalue weighted by molar-refractivity contribution is 7.00. The van der Waals surface area contributed by atoms with E-state index in [4.69, 9.17) is 4.42 Å². The molecule has 5 aliphatic rings. The van der Waals surface area contributed by atoms with Crippen molar-refractivity contribution in [3.63, 3.8) is 0 Å². The van der Waals surface area contributed by atoms with Gasteiger partial charge in [-0.3, -0.25) is 0 Å². The van der Waals surface area contributed by atoms with Crippen LogP contribution in [0.4, 0.5) is 34.1 Å². The molecule has 3 aliphatic carbocycles. The summed E-state index contributed by atoms with van der Waals surface area (Å²) in [5, 5.41) is 1.23. The molecule has 11 rings (SSSR count). The van der Waals surface area contributed by atoms with Gasteiger partial charge in [-0.05, 0) is 205 Å². The van der Waals surface area contributed by atoms with Crippen LogP contribution in [-0.2, 0) is 37.9 Å². The summed E-state index contributed by atoms with van der Waals surface area (Å²) < 4.78 is 7.69. The van der Waals surface area contributed by atoms with Crippen molar-refractivity contribution < 1.29 is 4.42 Å². The minimum absolute atomic E-state index is 0.0387. The normalized spacial score (nSPS) is 21.2. The molecular weight excluding hydrogens is 836 g/mol. The van der Waals surface area contributed by atoms with Crippen molar-refractivity contribution in [1.82, 2.24) is 0 Å². The maximum absolute atomic E-state index is 7.69. The largest absolute Gasteiger partial charge is 0.468 e. The van der Waals surface area contributed by atoms with Crippen molar-refractivity contribution in [1.29, 1.82) is 0 Å². The van der Waals surface area contributed by atoms with E-state index in [1.54, 1.807) is 0 Å². The molecule has 5 aromatic carbocycles. The van der Waals surface area contributed by atoms with Crippen molar-refractivity contribution >= 4 is 68.4 Å². The number of rotatable bonds is 4. The molecule has 3 heterocycles.